The van der Waals surface area contributed by atoms with Gasteiger partial charge in [-0.2, -0.15) is 23.1 Å². The van der Waals surface area contributed by atoms with E-state index in [0.717, 1.165) is 23.1 Å². The van der Waals surface area contributed by atoms with Crippen molar-refractivity contribution in [1.82, 2.24) is 4.98 Å². The molecule has 0 aliphatic rings. The Morgan fingerprint density at radius 2 is 2.35 bits per heavy atom. The first-order valence-corrected chi connectivity index (χ1v) is 8.52. The molecular weight excluding hydrogens is 268 g/mol. The summed E-state index contributed by atoms with van der Waals surface area (Å²) in [6.07, 6.45) is 0. The van der Waals surface area contributed by atoms with Crippen LogP contribution in [0.2, 0.25) is 0 Å². The molecule has 92 valence electrons. The third-order valence-electron chi connectivity index (χ3n) is 2.37. The summed E-state index contributed by atoms with van der Waals surface area (Å²) in [5.74, 6) is 2.70. The van der Waals surface area contributed by atoms with Crippen molar-refractivity contribution in [3.05, 3.63) is 27.9 Å². The van der Waals surface area contributed by atoms with Crippen molar-refractivity contribution in [3.63, 3.8) is 0 Å². The largest absolute Gasteiger partial charge is 0.330 e. The van der Waals surface area contributed by atoms with Gasteiger partial charge in [0.2, 0.25) is 0 Å². The predicted molar refractivity (Wildman–Crippen MR) is 79.8 cm³/mol. The van der Waals surface area contributed by atoms with Gasteiger partial charge in [-0.25, -0.2) is 4.98 Å². The van der Waals surface area contributed by atoms with E-state index in [1.807, 2.05) is 11.8 Å². The van der Waals surface area contributed by atoms with E-state index < -0.39 is 0 Å². The lowest BCUT2D eigenvalue weighted by molar-refractivity contribution is 0.675. The zero-order chi connectivity index (χ0) is 12.1. The molecule has 2 aromatic heterocycles. The molecule has 2 heterocycles. The number of rotatable bonds is 6. The van der Waals surface area contributed by atoms with Crippen LogP contribution < -0.4 is 5.73 Å². The van der Waals surface area contributed by atoms with Crippen LogP contribution in [0, 0.1) is 5.92 Å². The van der Waals surface area contributed by atoms with E-state index in [2.05, 4.69) is 34.1 Å². The smallest absolute Gasteiger partial charge is 0.124 e. The lowest BCUT2D eigenvalue weighted by Crippen LogP contribution is -2.12. The lowest BCUT2D eigenvalue weighted by Gasteiger charge is -2.05. The summed E-state index contributed by atoms with van der Waals surface area (Å²) in [4.78, 5) is 4.65. The van der Waals surface area contributed by atoms with Gasteiger partial charge in [-0.05, 0) is 29.7 Å². The van der Waals surface area contributed by atoms with Crippen LogP contribution in [0.3, 0.4) is 0 Å². The van der Waals surface area contributed by atoms with E-state index >= 15 is 0 Å². The van der Waals surface area contributed by atoms with Crippen molar-refractivity contribution >= 4 is 34.4 Å². The van der Waals surface area contributed by atoms with Gasteiger partial charge in [0.25, 0.3) is 0 Å². The van der Waals surface area contributed by atoms with Gasteiger partial charge in [0, 0.05) is 22.1 Å². The Balaban J connectivity index is 1.87. The van der Waals surface area contributed by atoms with Crippen molar-refractivity contribution in [1.29, 1.82) is 0 Å². The van der Waals surface area contributed by atoms with E-state index in [0.29, 0.717) is 5.92 Å². The quantitative estimate of drug-likeness (QED) is 0.879. The first-order chi connectivity index (χ1) is 8.29. The van der Waals surface area contributed by atoms with Crippen molar-refractivity contribution in [3.8, 4) is 10.6 Å². The Bertz CT molecular complexity index is 436. The Kier molecular flexibility index (Phi) is 5.03. The van der Waals surface area contributed by atoms with Gasteiger partial charge in [-0.15, -0.1) is 11.3 Å². The topological polar surface area (TPSA) is 38.9 Å². The first kappa shape index (κ1) is 13.1. The van der Waals surface area contributed by atoms with Crippen LogP contribution in [0.25, 0.3) is 10.6 Å². The molecule has 1 atom stereocenters. The molecule has 0 fully saturated rings. The molecule has 2 aromatic rings. The van der Waals surface area contributed by atoms with Crippen LogP contribution >= 0.6 is 34.4 Å². The monoisotopic (exact) mass is 284 g/mol. The summed E-state index contributed by atoms with van der Waals surface area (Å²) in [7, 11) is 0. The maximum atomic E-state index is 5.59. The van der Waals surface area contributed by atoms with Crippen molar-refractivity contribution < 1.29 is 0 Å². The fourth-order valence-corrected chi connectivity index (χ4v) is 3.98. The average Bonchev–Trinajstić information content (AvgIpc) is 2.98. The normalized spacial score (nSPS) is 12.8. The number of nitrogens with zero attached hydrogens (tertiary/aromatic N) is 1. The molecule has 1 unspecified atom stereocenters. The highest BCUT2D eigenvalue weighted by Gasteiger charge is 2.06. The standard InChI is InChI=1S/C12H16N2S3/c1-9(4-13)5-16-7-11-8-17-12(14-11)10-2-3-15-6-10/h2-3,6,8-9H,4-5,7,13H2,1H3. The molecule has 0 saturated heterocycles. The molecular formula is C12H16N2S3. The molecule has 2 rings (SSSR count). The number of thiazole rings is 1. The summed E-state index contributed by atoms with van der Waals surface area (Å²) >= 11 is 5.36. The first-order valence-electron chi connectivity index (χ1n) is 5.54. The Hall–Kier alpha value is -0.360. The number of hydrogen-bond donors (Lipinski definition) is 1. The third kappa shape index (κ3) is 3.81. The van der Waals surface area contributed by atoms with Crippen LogP contribution in [0.15, 0.2) is 22.2 Å². The molecule has 0 aliphatic carbocycles. The number of aromatic nitrogens is 1. The zero-order valence-electron chi connectivity index (χ0n) is 9.76. The molecule has 5 heteroatoms. The predicted octanol–water partition coefficient (Wildman–Crippen LogP) is 3.70. The van der Waals surface area contributed by atoms with Crippen molar-refractivity contribution in [2.24, 2.45) is 11.7 Å². The highest BCUT2D eigenvalue weighted by molar-refractivity contribution is 7.98. The van der Waals surface area contributed by atoms with E-state index in [4.69, 9.17) is 5.73 Å². The average molecular weight is 284 g/mol. The van der Waals surface area contributed by atoms with Crippen LogP contribution in [-0.2, 0) is 5.75 Å². The van der Waals surface area contributed by atoms with Gasteiger partial charge in [0.1, 0.15) is 5.01 Å². The van der Waals surface area contributed by atoms with E-state index in [-0.39, 0.29) is 0 Å². The van der Waals surface area contributed by atoms with Crippen LogP contribution in [0.5, 0.6) is 0 Å². The van der Waals surface area contributed by atoms with Gasteiger partial charge in [0.15, 0.2) is 0 Å². The highest BCUT2D eigenvalue weighted by atomic mass is 32.2. The molecule has 0 bridgehead atoms. The second kappa shape index (κ2) is 6.54. The van der Waals surface area contributed by atoms with Gasteiger partial charge in [-0.3, -0.25) is 0 Å². The maximum Gasteiger partial charge on any atom is 0.124 e. The van der Waals surface area contributed by atoms with Crippen LogP contribution in [0.1, 0.15) is 12.6 Å². The van der Waals surface area contributed by atoms with Crippen LogP contribution in [-0.4, -0.2) is 17.3 Å². The number of thioether (sulfide) groups is 1. The lowest BCUT2D eigenvalue weighted by atomic mass is 10.2. The number of nitrogens with two attached hydrogens (primary N) is 1. The molecule has 0 radical (unpaired) electrons. The zero-order valence-corrected chi connectivity index (χ0v) is 12.2. The van der Waals surface area contributed by atoms with Gasteiger partial charge in [-0.1, -0.05) is 6.92 Å². The minimum Gasteiger partial charge on any atom is -0.330 e. The summed E-state index contributed by atoms with van der Waals surface area (Å²) < 4.78 is 0. The highest BCUT2D eigenvalue weighted by Crippen LogP contribution is 2.27. The number of hydrogen-bond acceptors (Lipinski definition) is 5. The van der Waals surface area contributed by atoms with E-state index in [9.17, 15) is 0 Å². The van der Waals surface area contributed by atoms with Gasteiger partial charge >= 0.3 is 0 Å². The van der Waals surface area contributed by atoms with Gasteiger partial charge < -0.3 is 5.73 Å². The van der Waals surface area contributed by atoms with E-state index in [1.54, 1.807) is 22.7 Å². The Morgan fingerprint density at radius 1 is 1.47 bits per heavy atom. The third-order valence-corrected chi connectivity index (χ3v) is 5.30. The fraction of sp³-hybridized carbons (Fsp3) is 0.417. The maximum absolute atomic E-state index is 5.59. The Morgan fingerprint density at radius 3 is 3.06 bits per heavy atom. The molecule has 0 aliphatic heterocycles. The molecule has 2 nitrogen and oxygen atoms in total. The molecule has 0 saturated carbocycles. The van der Waals surface area contributed by atoms with E-state index in [1.165, 1.54) is 11.3 Å². The molecule has 0 amide bonds. The summed E-state index contributed by atoms with van der Waals surface area (Å²) in [5, 5.41) is 7.53. The minimum absolute atomic E-state index is 0.593. The SMILES string of the molecule is CC(CN)CSCc1csc(-c2ccsc2)n1. The molecule has 0 aromatic carbocycles. The fourth-order valence-electron chi connectivity index (χ4n) is 1.32. The summed E-state index contributed by atoms with van der Waals surface area (Å²) in [6.45, 7) is 2.95. The minimum atomic E-state index is 0.593. The second-order valence-corrected chi connectivity index (χ2v) is 6.68. The molecule has 0 spiro atoms. The van der Waals surface area contributed by atoms with Gasteiger partial charge in [0.05, 0.1) is 5.69 Å². The molecule has 2 N–H and O–H groups in total. The summed E-state index contributed by atoms with van der Waals surface area (Å²) in [6, 6.07) is 2.12. The second-order valence-electron chi connectivity index (χ2n) is 4.01. The summed E-state index contributed by atoms with van der Waals surface area (Å²) in [5.41, 5.74) is 8.02. The van der Waals surface area contributed by atoms with Crippen molar-refractivity contribution in [2.75, 3.05) is 12.3 Å². The van der Waals surface area contributed by atoms with Crippen LogP contribution in [0.4, 0.5) is 0 Å². The Labute approximate surface area is 114 Å². The molecule has 17 heavy (non-hydrogen) atoms. The van der Waals surface area contributed by atoms with Crippen molar-refractivity contribution in [2.45, 2.75) is 12.7 Å². The number of thiophene rings is 1.